The van der Waals surface area contributed by atoms with Gasteiger partial charge in [0.25, 0.3) is 0 Å². The van der Waals surface area contributed by atoms with Crippen LogP contribution in [0.4, 0.5) is 0 Å². The van der Waals surface area contributed by atoms with Gasteiger partial charge in [0.2, 0.25) is 0 Å². The van der Waals surface area contributed by atoms with Gasteiger partial charge in [-0.25, -0.2) is 0 Å². The number of carbonyl (C=O) groups excluding carboxylic acids is 1. The number of ketones is 1. The van der Waals surface area contributed by atoms with Gasteiger partial charge in [0.1, 0.15) is 11.4 Å². The third kappa shape index (κ3) is 4.74. The summed E-state index contributed by atoms with van der Waals surface area (Å²) in [4.78, 5) is 11.7. The minimum absolute atomic E-state index is 0.160. The lowest BCUT2D eigenvalue weighted by molar-refractivity contribution is -0.119. The molecule has 0 bridgehead atoms. The summed E-state index contributed by atoms with van der Waals surface area (Å²) in [6.07, 6.45) is 0.224. The topological polar surface area (TPSA) is 61.8 Å². The van der Waals surface area contributed by atoms with Crippen LogP contribution in [0.3, 0.4) is 0 Å². The molecule has 0 aromatic carbocycles. The van der Waals surface area contributed by atoms with E-state index in [1.807, 2.05) is 0 Å². The van der Waals surface area contributed by atoms with Gasteiger partial charge in [-0.15, -0.1) is 0 Å². The highest BCUT2D eigenvalue weighted by Gasteiger charge is 2.36. The first-order valence-electron chi connectivity index (χ1n) is 5.42. The van der Waals surface area contributed by atoms with Crippen molar-refractivity contribution in [2.75, 3.05) is 26.9 Å². The molecule has 0 saturated carbocycles. The Kier molecular flexibility index (Phi) is 7.85. The average Bonchev–Trinajstić information content (AvgIpc) is 2.25. The molecule has 5 nitrogen and oxygen atoms in total. The van der Waals surface area contributed by atoms with Gasteiger partial charge < -0.3 is 13.8 Å². The Labute approximate surface area is 97.0 Å². The summed E-state index contributed by atoms with van der Waals surface area (Å²) in [5.41, 5.74) is -0.734. The Morgan fingerprint density at radius 2 is 1.75 bits per heavy atom. The second-order valence-electron chi connectivity index (χ2n) is 3.26. The van der Waals surface area contributed by atoms with Crippen molar-refractivity contribution in [1.29, 1.82) is 0 Å². The van der Waals surface area contributed by atoms with Crippen LogP contribution < -0.4 is 0 Å². The maximum atomic E-state index is 12.2. The van der Waals surface area contributed by atoms with E-state index in [9.17, 15) is 9.36 Å². The normalized spacial score (nSPS) is 13.8. The maximum Gasteiger partial charge on any atom is 0.340 e. The van der Waals surface area contributed by atoms with E-state index in [1.54, 1.807) is 20.8 Å². The minimum Gasteiger partial charge on any atom is -0.384 e. The van der Waals surface area contributed by atoms with Gasteiger partial charge in [0.15, 0.2) is 0 Å². The number of rotatable bonds is 9. The molecule has 0 spiro atoms. The molecule has 16 heavy (non-hydrogen) atoms. The van der Waals surface area contributed by atoms with E-state index in [2.05, 4.69) is 0 Å². The third-order valence-electron chi connectivity index (χ3n) is 2.11. The molecule has 0 aromatic heterocycles. The SMILES string of the molecule is CCOP(=O)(OCC)C(C)C(=O)CCOC. The lowest BCUT2D eigenvalue weighted by atomic mass is 10.2. The fraction of sp³-hybridized carbons (Fsp3) is 0.900. The van der Waals surface area contributed by atoms with Crippen molar-refractivity contribution in [2.45, 2.75) is 32.9 Å². The van der Waals surface area contributed by atoms with E-state index in [1.165, 1.54) is 7.11 Å². The Morgan fingerprint density at radius 1 is 1.25 bits per heavy atom. The molecular weight excluding hydrogens is 231 g/mol. The van der Waals surface area contributed by atoms with Crippen molar-refractivity contribution in [3.8, 4) is 0 Å². The minimum atomic E-state index is -3.31. The van der Waals surface area contributed by atoms with E-state index >= 15 is 0 Å². The Hall–Kier alpha value is -0.220. The summed E-state index contributed by atoms with van der Waals surface area (Å²) in [5.74, 6) is -0.160. The zero-order valence-electron chi connectivity index (χ0n) is 10.4. The Morgan fingerprint density at radius 3 is 2.12 bits per heavy atom. The summed E-state index contributed by atoms with van der Waals surface area (Å²) in [7, 11) is -1.80. The molecule has 0 aliphatic rings. The van der Waals surface area contributed by atoms with Crippen LogP contribution in [0.1, 0.15) is 27.2 Å². The average molecular weight is 252 g/mol. The maximum absolute atomic E-state index is 12.2. The van der Waals surface area contributed by atoms with Gasteiger partial charge in [0.05, 0.1) is 19.8 Å². The van der Waals surface area contributed by atoms with Gasteiger partial charge in [-0.05, 0) is 20.8 Å². The summed E-state index contributed by atoms with van der Waals surface area (Å²) < 4.78 is 27.2. The summed E-state index contributed by atoms with van der Waals surface area (Å²) >= 11 is 0. The van der Waals surface area contributed by atoms with E-state index in [0.29, 0.717) is 6.61 Å². The van der Waals surface area contributed by atoms with Crippen LogP contribution in [0.25, 0.3) is 0 Å². The first kappa shape index (κ1) is 15.8. The van der Waals surface area contributed by atoms with Crippen molar-refractivity contribution in [1.82, 2.24) is 0 Å². The number of Topliss-reactive ketones (excluding diaryl/α,β-unsaturated/α-hetero) is 1. The molecular formula is C10H21O5P. The van der Waals surface area contributed by atoms with Crippen molar-refractivity contribution in [2.24, 2.45) is 0 Å². The monoisotopic (exact) mass is 252 g/mol. The lowest BCUT2D eigenvalue weighted by Gasteiger charge is -2.22. The second-order valence-corrected chi connectivity index (χ2v) is 5.63. The number of hydrogen-bond acceptors (Lipinski definition) is 5. The second kappa shape index (κ2) is 7.96. The molecule has 0 N–H and O–H groups in total. The van der Waals surface area contributed by atoms with Gasteiger partial charge in [-0.1, -0.05) is 0 Å². The van der Waals surface area contributed by atoms with E-state index in [0.717, 1.165) is 0 Å². The lowest BCUT2D eigenvalue weighted by Crippen LogP contribution is -2.21. The third-order valence-corrected chi connectivity index (χ3v) is 4.58. The van der Waals surface area contributed by atoms with Crippen LogP contribution >= 0.6 is 7.60 Å². The summed E-state index contributed by atoms with van der Waals surface area (Å²) in [6, 6.07) is 0. The van der Waals surface area contributed by atoms with Gasteiger partial charge >= 0.3 is 7.60 Å². The van der Waals surface area contributed by atoms with Gasteiger partial charge in [-0.2, -0.15) is 0 Å². The van der Waals surface area contributed by atoms with E-state index in [-0.39, 0.29) is 25.4 Å². The number of hydrogen-bond donors (Lipinski definition) is 0. The fourth-order valence-corrected chi connectivity index (χ4v) is 2.93. The Balaban J connectivity index is 4.53. The predicted molar refractivity (Wildman–Crippen MR) is 61.8 cm³/mol. The van der Waals surface area contributed by atoms with Gasteiger partial charge in [-0.3, -0.25) is 9.36 Å². The number of carbonyl (C=O) groups is 1. The van der Waals surface area contributed by atoms with Crippen molar-refractivity contribution in [3.05, 3.63) is 0 Å². The van der Waals surface area contributed by atoms with Crippen LogP contribution in [-0.2, 0) is 23.1 Å². The van der Waals surface area contributed by atoms with Crippen molar-refractivity contribution in [3.63, 3.8) is 0 Å². The highest BCUT2D eigenvalue weighted by molar-refractivity contribution is 7.55. The highest BCUT2D eigenvalue weighted by Crippen LogP contribution is 2.53. The summed E-state index contributed by atoms with van der Waals surface area (Å²) in [6.45, 7) is 5.86. The zero-order valence-corrected chi connectivity index (χ0v) is 11.3. The molecule has 0 heterocycles. The first-order chi connectivity index (χ1) is 7.51. The molecule has 6 heteroatoms. The van der Waals surface area contributed by atoms with Crippen LogP contribution in [0.2, 0.25) is 0 Å². The van der Waals surface area contributed by atoms with Crippen LogP contribution in [0.5, 0.6) is 0 Å². The molecule has 0 saturated heterocycles. The smallest absolute Gasteiger partial charge is 0.340 e. The molecule has 0 radical (unpaired) electrons. The van der Waals surface area contributed by atoms with Crippen molar-refractivity contribution >= 4 is 13.4 Å². The van der Waals surface area contributed by atoms with Gasteiger partial charge in [0, 0.05) is 13.5 Å². The molecule has 1 unspecified atom stereocenters. The largest absolute Gasteiger partial charge is 0.384 e. The first-order valence-corrected chi connectivity index (χ1v) is 7.03. The molecule has 96 valence electrons. The number of methoxy groups -OCH3 is 1. The van der Waals surface area contributed by atoms with Crippen LogP contribution in [0, 0.1) is 0 Å². The van der Waals surface area contributed by atoms with E-state index < -0.39 is 13.3 Å². The molecule has 0 aliphatic heterocycles. The molecule has 0 fully saturated rings. The molecule has 0 aromatic rings. The number of ether oxygens (including phenoxy) is 1. The standard InChI is InChI=1S/C10H21O5P/c1-5-14-16(12,15-6-2)9(3)10(11)7-8-13-4/h9H,5-8H2,1-4H3. The van der Waals surface area contributed by atoms with E-state index in [4.69, 9.17) is 13.8 Å². The van der Waals surface area contributed by atoms with Crippen LogP contribution in [-0.4, -0.2) is 38.4 Å². The molecule has 0 rings (SSSR count). The molecule has 0 aliphatic carbocycles. The Bertz CT molecular complexity index is 244. The van der Waals surface area contributed by atoms with Crippen LogP contribution in [0.15, 0.2) is 0 Å². The molecule has 0 amide bonds. The fourth-order valence-electron chi connectivity index (χ4n) is 1.21. The molecule has 1 atom stereocenters. The van der Waals surface area contributed by atoms with Crippen molar-refractivity contribution < 1.29 is 23.1 Å². The summed E-state index contributed by atoms with van der Waals surface area (Å²) in [5, 5.41) is 0. The zero-order chi connectivity index (χ0) is 12.6. The highest BCUT2D eigenvalue weighted by atomic mass is 31.2. The predicted octanol–water partition coefficient (Wildman–Crippen LogP) is 2.25. The quantitative estimate of drug-likeness (QED) is 0.589.